The van der Waals surface area contributed by atoms with Crippen LogP contribution in [0.3, 0.4) is 0 Å². The minimum Gasteiger partial charge on any atom is -0.450 e. The van der Waals surface area contributed by atoms with Gasteiger partial charge in [-0.25, -0.2) is 4.79 Å². The Morgan fingerprint density at radius 3 is 2.54 bits per heavy atom. The molecule has 5 heteroatoms. The molecule has 0 unspecified atom stereocenters. The molecule has 2 aromatic carbocycles. The lowest BCUT2D eigenvalue weighted by Crippen LogP contribution is -2.30. The van der Waals surface area contributed by atoms with Crippen molar-refractivity contribution in [1.82, 2.24) is 5.32 Å². The number of nitrogens with one attached hydrogen (secondary N) is 1. The Morgan fingerprint density at radius 2 is 1.75 bits per heavy atom. The fourth-order valence-corrected chi connectivity index (χ4v) is 2.33. The van der Waals surface area contributed by atoms with Gasteiger partial charge in [-0.15, -0.1) is 0 Å². The van der Waals surface area contributed by atoms with Gasteiger partial charge < -0.3 is 14.5 Å². The van der Waals surface area contributed by atoms with E-state index in [4.69, 9.17) is 9.15 Å². The van der Waals surface area contributed by atoms with Crippen molar-refractivity contribution in [2.24, 2.45) is 0 Å². The molecule has 0 aliphatic heterocycles. The fourth-order valence-electron chi connectivity index (χ4n) is 2.33. The van der Waals surface area contributed by atoms with Crippen LogP contribution < -0.4 is 5.32 Å². The first kappa shape index (κ1) is 15.8. The van der Waals surface area contributed by atoms with Crippen molar-refractivity contribution in [3.8, 4) is 0 Å². The van der Waals surface area contributed by atoms with Crippen molar-refractivity contribution in [2.75, 3.05) is 13.2 Å². The summed E-state index contributed by atoms with van der Waals surface area (Å²) in [6.45, 7) is 0.162. The van der Waals surface area contributed by atoms with Gasteiger partial charge in [0.1, 0.15) is 5.58 Å². The van der Waals surface area contributed by atoms with Crippen molar-refractivity contribution in [2.45, 2.75) is 6.42 Å². The SMILES string of the molecule is O=C(COC(=O)c1cc2ccccc2o1)NCCc1ccccc1. The number of esters is 1. The molecular formula is C19H17NO4. The average molecular weight is 323 g/mol. The lowest BCUT2D eigenvalue weighted by Gasteiger charge is -2.05. The molecule has 3 rings (SSSR count). The molecule has 0 saturated carbocycles. The van der Waals surface area contributed by atoms with E-state index in [-0.39, 0.29) is 18.3 Å². The Bertz CT molecular complexity index is 806. The van der Waals surface area contributed by atoms with Crippen LogP contribution in [-0.2, 0) is 16.0 Å². The number of furan rings is 1. The Kier molecular flexibility index (Phi) is 4.91. The van der Waals surface area contributed by atoms with E-state index in [1.54, 1.807) is 12.1 Å². The van der Waals surface area contributed by atoms with Crippen molar-refractivity contribution in [3.63, 3.8) is 0 Å². The smallest absolute Gasteiger partial charge is 0.374 e. The topological polar surface area (TPSA) is 68.5 Å². The minimum atomic E-state index is -0.649. The van der Waals surface area contributed by atoms with Gasteiger partial charge in [-0.2, -0.15) is 0 Å². The number of para-hydroxylation sites is 1. The first-order valence-corrected chi connectivity index (χ1v) is 7.69. The summed E-state index contributed by atoms with van der Waals surface area (Å²) in [6, 6.07) is 18.7. The van der Waals surface area contributed by atoms with E-state index in [0.717, 1.165) is 17.4 Å². The highest BCUT2D eigenvalue weighted by atomic mass is 16.5. The largest absolute Gasteiger partial charge is 0.450 e. The van der Waals surface area contributed by atoms with Crippen molar-refractivity contribution in [1.29, 1.82) is 0 Å². The highest BCUT2D eigenvalue weighted by molar-refractivity contribution is 5.93. The molecule has 1 heterocycles. The number of benzene rings is 2. The van der Waals surface area contributed by atoms with Crippen LogP contribution in [0, 0.1) is 0 Å². The first-order valence-electron chi connectivity index (χ1n) is 7.69. The standard InChI is InChI=1S/C19H17NO4/c21-18(20-11-10-14-6-2-1-3-7-14)13-23-19(22)17-12-15-8-4-5-9-16(15)24-17/h1-9,12H,10-11,13H2,(H,20,21). The number of hydrogen-bond donors (Lipinski definition) is 1. The van der Waals surface area contributed by atoms with E-state index in [9.17, 15) is 9.59 Å². The third kappa shape index (κ3) is 4.01. The number of amides is 1. The van der Waals surface area contributed by atoms with E-state index in [1.807, 2.05) is 48.5 Å². The minimum absolute atomic E-state index is 0.0910. The summed E-state index contributed by atoms with van der Waals surface area (Å²) < 4.78 is 10.4. The van der Waals surface area contributed by atoms with Gasteiger partial charge in [-0.3, -0.25) is 4.79 Å². The number of ether oxygens (including phenoxy) is 1. The molecule has 0 aliphatic carbocycles. The third-order valence-corrected chi connectivity index (χ3v) is 3.54. The molecule has 0 atom stereocenters. The van der Waals surface area contributed by atoms with Gasteiger partial charge in [0.05, 0.1) is 0 Å². The molecule has 1 amide bonds. The van der Waals surface area contributed by atoms with Gasteiger partial charge in [-0.05, 0) is 24.1 Å². The molecular weight excluding hydrogens is 306 g/mol. The Balaban J connectivity index is 1.44. The second-order valence-corrected chi connectivity index (χ2v) is 5.31. The lowest BCUT2D eigenvalue weighted by molar-refractivity contribution is -0.124. The van der Waals surface area contributed by atoms with Crippen LogP contribution in [0.25, 0.3) is 11.0 Å². The third-order valence-electron chi connectivity index (χ3n) is 3.54. The van der Waals surface area contributed by atoms with E-state index >= 15 is 0 Å². The van der Waals surface area contributed by atoms with Crippen LogP contribution in [0.1, 0.15) is 16.1 Å². The van der Waals surface area contributed by atoms with E-state index < -0.39 is 5.97 Å². The molecule has 0 spiro atoms. The van der Waals surface area contributed by atoms with Gasteiger partial charge in [0, 0.05) is 11.9 Å². The molecule has 5 nitrogen and oxygen atoms in total. The second-order valence-electron chi connectivity index (χ2n) is 5.31. The molecule has 1 aromatic heterocycles. The van der Waals surface area contributed by atoms with Gasteiger partial charge >= 0.3 is 5.97 Å². The second kappa shape index (κ2) is 7.46. The van der Waals surface area contributed by atoms with Crippen molar-refractivity contribution in [3.05, 3.63) is 72.0 Å². The fraction of sp³-hybridized carbons (Fsp3) is 0.158. The average Bonchev–Trinajstić information content (AvgIpc) is 3.05. The molecule has 1 N–H and O–H groups in total. The number of hydrogen-bond acceptors (Lipinski definition) is 4. The molecule has 0 aliphatic rings. The summed E-state index contributed by atoms with van der Waals surface area (Å²) in [5.41, 5.74) is 1.74. The Morgan fingerprint density at radius 1 is 1.00 bits per heavy atom. The molecule has 0 fully saturated rings. The molecule has 24 heavy (non-hydrogen) atoms. The number of fused-ring (bicyclic) bond motifs is 1. The zero-order chi connectivity index (χ0) is 16.8. The maximum absolute atomic E-state index is 11.9. The molecule has 3 aromatic rings. The maximum atomic E-state index is 11.9. The van der Waals surface area contributed by atoms with Crippen molar-refractivity contribution >= 4 is 22.8 Å². The summed E-state index contributed by atoms with van der Waals surface area (Å²) in [6.07, 6.45) is 0.726. The number of rotatable bonds is 6. The maximum Gasteiger partial charge on any atom is 0.374 e. The quantitative estimate of drug-likeness (QED) is 0.708. The van der Waals surface area contributed by atoms with Gasteiger partial charge in [-0.1, -0.05) is 48.5 Å². The van der Waals surface area contributed by atoms with Crippen LogP contribution in [0.5, 0.6) is 0 Å². The lowest BCUT2D eigenvalue weighted by atomic mass is 10.1. The van der Waals surface area contributed by atoms with Crippen LogP contribution in [0.15, 0.2) is 65.1 Å². The van der Waals surface area contributed by atoms with Gasteiger partial charge in [0.2, 0.25) is 5.76 Å². The molecule has 0 radical (unpaired) electrons. The van der Waals surface area contributed by atoms with Crippen molar-refractivity contribution < 1.29 is 18.7 Å². The molecule has 0 saturated heterocycles. The van der Waals surface area contributed by atoms with E-state index in [1.165, 1.54) is 0 Å². The molecule has 122 valence electrons. The first-order chi connectivity index (χ1) is 11.7. The van der Waals surface area contributed by atoms with E-state index in [2.05, 4.69) is 5.32 Å². The van der Waals surface area contributed by atoms with Crippen LogP contribution in [0.2, 0.25) is 0 Å². The van der Waals surface area contributed by atoms with E-state index in [0.29, 0.717) is 12.1 Å². The van der Waals surface area contributed by atoms with Crippen LogP contribution in [-0.4, -0.2) is 25.0 Å². The predicted molar refractivity (Wildman–Crippen MR) is 89.7 cm³/mol. The van der Waals surface area contributed by atoms with Crippen LogP contribution in [0.4, 0.5) is 0 Å². The highest BCUT2D eigenvalue weighted by Crippen LogP contribution is 2.19. The summed E-state index contributed by atoms with van der Waals surface area (Å²) >= 11 is 0. The normalized spacial score (nSPS) is 10.5. The summed E-state index contributed by atoms with van der Waals surface area (Å²) in [5.74, 6) is -0.895. The van der Waals surface area contributed by atoms with Gasteiger partial charge in [0.25, 0.3) is 5.91 Å². The Labute approximate surface area is 139 Å². The molecule has 0 bridgehead atoms. The zero-order valence-corrected chi connectivity index (χ0v) is 13.0. The monoisotopic (exact) mass is 323 g/mol. The number of carbonyl (C=O) groups is 2. The number of carbonyl (C=O) groups excluding carboxylic acids is 2. The van der Waals surface area contributed by atoms with Gasteiger partial charge in [0.15, 0.2) is 6.61 Å². The zero-order valence-electron chi connectivity index (χ0n) is 13.0. The predicted octanol–water partition coefficient (Wildman–Crippen LogP) is 2.95. The summed E-state index contributed by atoms with van der Waals surface area (Å²) in [7, 11) is 0. The highest BCUT2D eigenvalue weighted by Gasteiger charge is 2.15. The summed E-state index contributed by atoms with van der Waals surface area (Å²) in [5, 5.41) is 3.53. The Hall–Kier alpha value is -3.08. The van der Waals surface area contributed by atoms with Crippen LogP contribution >= 0.6 is 0 Å². The summed E-state index contributed by atoms with van der Waals surface area (Å²) in [4.78, 5) is 23.6.